The van der Waals surface area contributed by atoms with Crippen LogP contribution in [0.25, 0.3) is 0 Å². The molecule has 62 heavy (non-hydrogen) atoms. The second-order valence-electron chi connectivity index (χ2n) is 15.7. The number of fused-ring (bicyclic) bond motifs is 3. The molecule has 6 unspecified atom stereocenters. The summed E-state index contributed by atoms with van der Waals surface area (Å²) in [5.74, 6) is -3.97. The first-order valence-corrected chi connectivity index (χ1v) is 19.2. The van der Waals surface area contributed by atoms with Gasteiger partial charge in [-0.15, -0.1) is 0 Å². The molecule has 324 valence electrons. The van der Waals surface area contributed by atoms with E-state index in [1.165, 1.54) is 60.7 Å². The Morgan fingerprint density at radius 1 is 0.452 bits per heavy atom. The molecular weight excluding hydrogens is 808 g/mol. The van der Waals surface area contributed by atoms with E-state index in [1.807, 2.05) is 0 Å². The fraction of sp³-hybridized carbons (Fsp3) is 0.217. The van der Waals surface area contributed by atoms with Gasteiger partial charge in [0.05, 0.1) is 6.10 Å². The van der Waals surface area contributed by atoms with Crippen LogP contribution in [0.2, 0.25) is 0 Å². The lowest BCUT2D eigenvalue weighted by Crippen LogP contribution is -2.31. The number of phenolic OH excluding ortho intramolecular Hbond substituents is 10. The molecule has 0 radical (unpaired) electrons. The lowest BCUT2D eigenvalue weighted by atomic mass is 9.76. The third kappa shape index (κ3) is 7.29. The van der Waals surface area contributed by atoms with Crippen LogP contribution in [0.3, 0.4) is 0 Å². The largest absolute Gasteiger partial charge is 0.508 e. The second-order valence-corrected chi connectivity index (χ2v) is 15.7. The summed E-state index contributed by atoms with van der Waals surface area (Å²) in [6.45, 7) is 1.60. The normalized spacial score (nSPS) is 21.0. The van der Waals surface area contributed by atoms with Gasteiger partial charge in [0.2, 0.25) is 0 Å². The van der Waals surface area contributed by atoms with Crippen molar-refractivity contribution in [3.05, 3.63) is 135 Å². The van der Waals surface area contributed by atoms with Crippen molar-refractivity contribution in [3.8, 4) is 74.7 Å². The molecule has 0 fully saturated rings. The van der Waals surface area contributed by atoms with Crippen molar-refractivity contribution in [3.63, 3.8) is 0 Å². The van der Waals surface area contributed by atoms with Crippen LogP contribution >= 0.6 is 0 Å². The molecule has 15 N–H and O–H groups in total. The average molecular weight is 853 g/mol. The third-order valence-electron chi connectivity index (χ3n) is 11.7. The topological polar surface area (TPSA) is 313 Å². The van der Waals surface area contributed by atoms with Crippen LogP contribution in [0.1, 0.15) is 93.1 Å². The second kappa shape index (κ2) is 15.9. The number of ether oxygens (including phenoxy) is 3. The number of aryl methyl sites for hydroxylation is 1. The van der Waals surface area contributed by atoms with Gasteiger partial charge < -0.3 is 81.3 Å². The van der Waals surface area contributed by atoms with E-state index in [0.29, 0.717) is 55.8 Å². The van der Waals surface area contributed by atoms with Crippen LogP contribution in [-0.4, -0.2) is 73.2 Å². The monoisotopic (exact) mass is 852 g/mol. The molecule has 16 nitrogen and oxygen atoms in total. The van der Waals surface area contributed by atoms with E-state index < -0.39 is 47.8 Å². The highest BCUT2D eigenvalue weighted by Gasteiger charge is 2.42. The van der Waals surface area contributed by atoms with Gasteiger partial charge in [-0.25, -0.2) is 0 Å². The Morgan fingerprint density at radius 3 is 1.45 bits per heavy atom. The standard InChI is InChI=1S/C46H40O14.2H2O/c1-19-6-22(10-37(54)42(19)57)44-38(55)11-23-7-24(47)12-29(43(23)60-44)27-17-40(20-2-4-33(50)35(52)8-20)58-45-30(27)13-25(48)14-31(45)28-18-41(21-3-5-34(51)36(53)9-21)59-46-32(28)15-26(49)16-39(46)56;;/h2-10,12-16,27-28,38,40-41,44,47-57H,11,17-18H2,1H3;2*1H2. The molecule has 6 aromatic rings. The average Bonchev–Trinajstić information content (AvgIpc) is 3.20. The number of aliphatic hydroxyl groups is 1. The number of aromatic hydroxyl groups is 10. The first-order valence-electron chi connectivity index (χ1n) is 19.2. The Labute approximate surface area is 352 Å². The van der Waals surface area contributed by atoms with Gasteiger partial charge in [-0.1, -0.05) is 12.1 Å². The summed E-state index contributed by atoms with van der Waals surface area (Å²) >= 11 is 0. The zero-order chi connectivity index (χ0) is 42.3. The van der Waals surface area contributed by atoms with Crippen LogP contribution < -0.4 is 14.2 Å². The highest BCUT2D eigenvalue weighted by atomic mass is 16.5. The minimum Gasteiger partial charge on any atom is -0.508 e. The number of hydrogen-bond donors (Lipinski definition) is 11. The lowest BCUT2D eigenvalue weighted by Gasteiger charge is -2.39. The zero-order valence-electron chi connectivity index (χ0n) is 32.8. The first kappa shape index (κ1) is 42.7. The van der Waals surface area contributed by atoms with E-state index >= 15 is 0 Å². The Balaban J connectivity index is 0.00000289. The van der Waals surface area contributed by atoms with Crippen molar-refractivity contribution in [2.45, 2.75) is 62.4 Å². The molecule has 16 heteroatoms. The smallest absolute Gasteiger partial charge is 0.165 e. The SMILES string of the molecule is Cc1cc(C2Oc3c(cc(O)cc3C3CC(c4ccc(O)c(O)c4)Oc4c(C5CC(c6ccc(O)c(O)c6)Oc6c(O)cc(O)cc65)cc(O)cc43)CC2O)cc(O)c1O.O.O. The molecule has 3 aliphatic heterocycles. The van der Waals surface area contributed by atoms with Crippen molar-refractivity contribution in [1.29, 1.82) is 0 Å². The Kier molecular flexibility index (Phi) is 10.9. The molecule has 0 spiro atoms. The van der Waals surface area contributed by atoms with Gasteiger partial charge in [-0.3, -0.25) is 0 Å². The number of phenols is 10. The highest BCUT2D eigenvalue weighted by molar-refractivity contribution is 5.64. The van der Waals surface area contributed by atoms with Crippen molar-refractivity contribution >= 4 is 0 Å². The molecule has 3 heterocycles. The molecule has 0 saturated carbocycles. The van der Waals surface area contributed by atoms with Crippen molar-refractivity contribution in [2.75, 3.05) is 0 Å². The molecular formula is C46H44O16. The minimum absolute atomic E-state index is 0. The van der Waals surface area contributed by atoms with Gasteiger partial charge in [0, 0.05) is 52.1 Å². The quantitative estimate of drug-likeness (QED) is 0.0921. The third-order valence-corrected chi connectivity index (χ3v) is 11.7. The van der Waals surface area contributed by atoms with E-state index in [0.717, 1.165) is 6.07 Å². The van der Waals surface area contributed by atoms with Crippen molar-refractivity contribution in [1.82, 2.24) is 0 Å². The summed E-state index contributed by atoms with van der Waals surface area (Å²) in [6.07, 6.45) is -3.48. The number of rotatable bonds is 5. The Hall–Kier alpha value is -7.40. The summed E-state index contributed by atoms with van der Waals surface area (Å²) in [6, 6.07) is 20.0. The summed E-state index contributed by atoms with van der Waals surface area (Å²) in [4.78, 5) is 0. The maximum absolute atomic E-state index is 11.5. The van der Waals surface area contributed by atoms with Gasteiger partial charge in [-0.2, -0.15) is 0 Å². The fourth-order valence-electron chi connectivity index (χ4n) is 8.89. The van der Waals surface area contributed by atoms with E-state index in [4.69, 9.17) is 14.2 Å². The summed E-state index contributed by atoms with van der Waals surface area (Å²) in [5, 5.41) is 118. The predicted molar refractivity (Wildman–Crippen MR) is 220 cm³/mol. The number of hydrogen-bond acceptors (Lipinski definition) is 14. The molecule has 9 rings (SSSR count). The van der Waals surface area contributed by atoms with Gasteiger partial charge >= 0.3 is 0 Å². The Morgan fingerprint density at radius 2 is 0.919 bits per heavy atom. The van der Waals surface area contributed by atoms with Gasteiger partial charge in [0.1, 0.15) is 47.1 Å². The van der Waals surface area contributed by atoms with Crippen LogP contribution in [0.5, 0.6) is 74.7 Å². The highest BCUT2D eigenvalue weighted by Crippen LogP contribution is 2.58. The number of benzene rings is 6. The van der Waals surface area contributed by atoms with Crippen molar-refractivity contribution in [2.24, 2.45) is 0 Å². The first-order chi connectivity index (χ1) is 28.6. The molecule has 0 saturated heterocycles. The maximum Gasteiger partial charge on any atom is 0.165 e. The van der Waals surface area contributed by atoms with Gasteiger partial charge in [0.25, 0.3) is 0 Å². The van der Waals surface area contributed by atoms with E-state index in [2.05, 4.69) is 0 Å². The zero-order valence-corrected chi connectivity index (χ0v) is 32.8. The molecule has 0 aliphatic carbocycles. The Bertz CT molecular complexity index is 2690. The predicted octanol–water partition coefficient (Wildman–Crippen LogP) is 5.75. The molecule has 0 amide bonds. The minimum atomic E-state index is -1.12. The fourth-order valence-corrected chi connectivity index (χ4v) is 8.89. The molecule has 3 aliphatic rings. The van der Waals surface area contributed by atoms with Crippen molar-refractivity contribution < 1.29 is 81.3 Å². The van der Waals surface area contributed by atoms with Crippen LogP contribution in [0.4, 0.5) is 0 Å². The molecule has 0 bridgehead atoms. The molecule has 6 aromatic carbocycles. The van der Waals surface area contributed by atoms with Gasteiger partial charge in [0.15, 0.2) is 46.0 Å². The van der Waals surface area contributed by atoms with Crippen LogP contribution in [0.15, 0.2) is 84.9 Å². The summed E-state index contributed by atoms with van der Waals surface area (Å²) in [7, 11) is 0. The van der Waals surface area contributed by atoms with Crippen LogP contribution in [0, 0.1) is 6.92 Å². The van der Waals surface area contributed by atoms with Gasteiger partial charge in [-0.05, 0) is 109 Å². The van der Waals surface area contributed by atoms with E-state index in [-0.39, 0.29) is 87.7 Å². The summed E-state index contributed by atoms with van der Waals surface area (Å²) in [5.41, 5.74) is 3.83. The van der Waals surface area contributed by atoms with Crippen LogP contribution in [-0.2, 0) is 6.42 Å². The number of aliphatic hydroxyl groups excluding tert-OH is 1. The lowest BCUT2D eigenvalue weighted by molar-refractivity contribution is 0.0194. The van der Waals surface area contributed by atoms with E-state index in [1.54, 1.807) is 25.1 Å². The summed E-state index contributed by atoms with van der Waals surface area (Å²) < 4.78 is 19.7. The maximum atomic E-state index is 11.5. The molecule has 6 atom stereocenters. The molecule has 0 aromatic heterocycles. The van der Waals surface area contributed by atoms with E-state index in [9.17, 15) is 56.2 Å².